The second-order valence-corrected chi connectivity index (χ2v) is 5.01. The number of nitrogens with one attached hydrogen (secondary N) is 1. The van der Waals surface area contributed by atoms with Gasteiger partial charge in [-0.15, -0.1) is 0 Å². The zero-order valence-electron chi connectivity index (χ0n) is 12.0. The predicted octanol–water partition coefficient (Wildman–Crippen LogP) is 2.54. The van der Waals surface area contributed by atoms with E-state index in [0.29, 0.717) is 16.9 Å². The van der Waals surface area contributed by atoms with E-state index in [0.717, 1.165) is 11.1 Å². The van der Waals surface area contributed by atoms with Crippen molar-refractivity contribution in [3.8, 4) is 0 Å². The molecule has 4 nitrogen and oxygen atoms in total. The maximum Gasteiger partial charge on any atom is 0.251 e. The van der Waals surface area contributed by atoms with Crippen molar-refractivity contribution in [1.82, 2.24) is 5.32 Å². The summed E-state index contributed by atoms with van der Waals surface area (Å²) in [6, 6.07) is 7.96. The Morgan fingerprint density at radius 2 is 1.81 bits per heavy atom. The Hall–Kier alpha value is -2.56. The van der Waals surface area contributed by atoms with Crippen LogP contribution in [0.25, 0.3) is 0 Å². The largest absolute Gasteiger partial charge is 0.397 e. The van der Waals surface area contributed by atoms with Crippen molar-refractivity contribution in [2.24, 2.45) is 0 Å². The normalized spacial score (nSPS) is 10.4. The average molecular weight is 287 g/mol. The Morgan fingerprint density at radius 3 is 2.48 bits per heavy atom. The maximum absolute atomic E-state index is 13.5. The number of carbonyl (C=O) groups excluding carboxylic acids is 1. The molecule has 0 saturated carbocycles. The van der Waals surface area contributed by atoms with Gasteiger partial charge in [0.25, 0.3) is 5.91 Å². The molecule has 21 heavy (non-hydrogen) atoms. The molecule has 2 rings (SSSR count). The van der Waals surface area contributed by atoms with Crippen molar-refractivity contribution in [2.75, 3.05) is 11.5 Å². The number of nitrogens with two attached hydrogens (primary N) is 2. The minimum absolute atomic E-state index is 0.247. The van der Waals surface area contributed by atoms with E-state index in [2.05, 4.69) is 5.32 Å². The fourth-order valence-electron chi connectivity index (χ4n) is 2.03. The molecule has 2 aromatic rings. The number of rotatable bonds is 3. The van der Waals surface area contributed by atoms with E-state index in [9.17, 15) is 9.18 Å². The molecule has 0 aromatic heterocycles. The van der Waals surface area contributed by atoms with Crippen LogP contribution in [0, 0.1) is 19.7 Å². The highest BCUT2D eigenvalue weighted by Crippen LogP contribution is 2.23. The molecule has 0 fully saturated rings. The van der Waals surface area contributed by atoms with Crippen LogP contribution < -0.4 is 16.8 Å². The number of benzene rings is 2. The minimum atomic E-state index is -0.401. The van der Waals surface area contributed by atoms with Gasteiger partial charge in [-0.25, -0.2) is 4.39 Å². The van der Waals surface area contributed by atoms with Gasteiger partial charge in [-0.1, -0.05) is 12.1 Å². The number of aryl methyl sites for hydroxylation is 2. The lowest BCUT2D eigenvalue weighted by atomic mass is 10.0. The highest BCUT2D eigenvalue weighted by Gasteiger charge is 2.11. The summed E-state index contributed by atoms with van der Waals surface area (Å²) >= 11 is 0. The molecule has 0 aliphatic carbocycles. The third kappa shape index (κ3) is 3.13. The first-order valence-electron chi connectivity index (χ1n) is 6.58. The molecular formula is C16H18FN3O. The lowest BCUT2D eigenvalue weighted by molar-refractivity contribution is 0.0950. The van der Waals surface area contributed by atoms with E-state index in [4.69, 9.17) is 11.5 Å². The molecule has 0 spiro atoms. The molecule has 1 amide bonds. The van der Waals surface area contributed by atoms with Crippen LogP contribution in [0.2, 0.25) is 0 Å². The summed E-state index contributed by atoms with van der Waals surface area (Å²) in [6.45, 7) is 3.79. The van der Waals surface area contributed by atoms with Gasteiger partial charge < -0.3 is 16.8 Å². The van der Waals surface area contributed by atoms with E-state index in [-0.39, 0.29) is 18.0 Å². The Kier molecular flexibility index (Phi) is 4.12. The quantitative estimate of drug-likeness (QED) is 0.759. The van der Waals surface area contributed by atoms with Gasteiger partial charge in [0.05, 0.1) is 11.4 Å². The average Bonchev–Trinajstić information content (AvgIpc) is 2.45. The van der Waals surface area contributed by atoms with E-state index >= 15 is 0 Å². The van der Waals surface area contributed by atoms with Crippen molar-refractivity contribution in [2.45, 2.75) is 20.4 Å². The van der Waals surface area contributed by atoms with Gasteiger partial charge in [0.15, 0.2) is 0 Å². The van der Waals surface area contributed by atoms with Crippen LogP contribution in [0.5, 0.6) is 0 Å². The van der Waals surface area contributed by atoms with Gasteiger partial charge >= 0.3 is 0 Å². The molecule has 0 unspecified atom stereocenters. The standard InChI is InChI=1S/C16H18FN3O/c1-9-4-6-14(18)15(19)12(9)8-20-16(21)11-5-3-10(2)13(17)7-11/h3-7H,8,18-19H2,1-2H3,(H,20,21). The summed E-state index contributed by atoms with van der Waals surface area (Å²) in [6.07, 6.45) is 0. The molecule has 0 saturated heterocycles. The molecule has 0 aliphatic heterocycles. The first-order valence-corrected chi connectivity index (χ1v) is 6.58. The fourth-order valence-corrected chi connectivity index (χ4v) is 2.03. The Morgan fingerprint density at radius 1 is 1.14 bits per heavy atom. The topological polar surface area (TPSA) is 81.1 Å². The lowest BCUT2D eigenvalue weighted by Crippen LogP contribution is -2.24. The summed E-state index contributed by atoms with van der Waals surface area (Å²) < 4.78 is 13.5. The van der Waals surface area contributed by atoms with Gasteiger partial charge in [0.2, 0.25) is 0 Å². The second-order valence-electron chi connectivity index (χ2n) is 5.01. The van der Waals surface area contributed by atoms with E-state index in [1.807, 2.05) is 13.0 Å². The zero-order chi connectivity index (χ0) is 15.6. The van der Waals surface area contributed by atoms with Gasteiger partial charge in [-0.05, 0) is 48.7 Å². The van der Waals surface area contributed by atoms with Crippen LogP contribution in [0.3, 0.4) is 0 Å². The Balaban J connectivity index is 2.15. The second kappa shape index (κ2) is 5.83. The number of hydrogen-bond donors (Lipinski definition) is 3. The van der Waals surface area contributed by atoms with Crippen molar-refractivity contribution in [3.63, 3.8) is 0 Å². The number of anilines is 2. The monoisotopic (exact) mass is 287 g/mol. The zero-order valence-corrected chi connectivity index (χ0v) is 12.0. The van der Waals surface area contributed by atoms with Crippen molar-refractivity contribution < 1.29 is 9.18 Å². The molecule has 2 aromatic carbocycles. The third-order valence-corrected chi connectivity index (χ3v) is 3.48. The molecule has 0 atom stereocenters. The summed E-state index contributed by atoms with van der Waals surface area (Å²) in [7, 11) is 0. The number of hydrogen-bond acceptors (Lipinski definition) is 3. The first kappa shape index (κ1) is 14.8. The van der Waals surface area contributed by atoms with Crippen LogP contribution in [-0.4, -0.2) is 5.91 Å². The van der Waals surface area contributed by atoms with Gasteiger partial charge in [0, 0.05) is 12.1 Å². The molecule has 0 heterocycles. The van der Waals surface area contributed by atoms with Crippen LogP contribution in [0.4, 0.5) is 15.8 Å². The van der Waals surface area contributed by atoms with Crippen molar-refractivity contribution in [1.29, 1.82) is 0 Å². The van der Waals surface area contributed by atoms with Crippen LogP contribution >= 0.6 is 0 Å². The first-order chi connectivity index (χ1) is 9.90. The van der Waals surface area contributed by atoms with Crippen molar-refractivity contribution in [3.05, 3.63) is 58.4 Å². The number of halogens is 1. The number of amides is 1. The Labute approximate surface area is 123 Å². The Bertz CT molecular complexity index is 698. The van der Waals surface area contributed by atoms with Crippen molar-refractivity contribution >= 4 is 17.3 Å². The van der Waals surface area contributed by atoms with Gasteiger partial charge in [0.1, 0.15) is 5.82 Å². The highest BCUT2D eigenvalue weighted by molar-refractivity contribution is 5.94. The van der Waals surface area contributed by atoms with E-state index in [1.165, 1.54) is 6.07 Å². The maximum atomic E-state index is 13.5. The highest BCUT2D eigenvalue weighted by atomic mass is 19.1. The summed E-state index contributed by atoms with van der Waals surface area (Å²) in [5.74, 6) is -0.752. The lowest BCUT2D eigenvalue weighted by Gasteiger charge is -2.13. The number of carbonyl (C=O) groups is 1. The third-order valence-electron chi connectivity index (χ3n) is 3.48. The minimum Gasteiger partial charge on any atom is -0.397 e. The molecular weight excluding hydrogens is 269 g/mol. The summed E-state index contributed by atoms with van der Waals surface area (Å²) in [4.78, 5) is 12.0. The molecule has 5 N–H and O–H groups in total. The molecule has 0 bridgehead atoms. The SMILES string of the molecule is Cc1ccc(C(=O)NCc2c(C)ccc(N)c2N)cc1F. The van der Waals surface area contributed by atoms with Crippen LogP contribution in [-0.2, 0) is 6.54 Å². The summed E-state index contributed by atoms with van der Waals surface area (Å²) in [5, 5.41) is 2.73. The van der Waals surface area contributed by atoms with Gasteiger partial charge in [-0.3, -0.25) is 4.79 Å². The van der Waals surface area contributed by atoms with E-state index < -0.39 is 5.82 Å². The molecule has 0 aliphatic rings. The van der Waals surface area contributed by atoms with Crippen LogP contribution in [0.15, 0.2) is 30.3 Å². The van der Waals surface area contributed by atoms with E-state index in [1.54, 1.807) is 25.1 Å². The summed E-state index contributed by atoms with van der Waals surface area (Å²) in [5.41, 5.74) is 15.1. The predicted molar refractivity (Wildman–Crippen MR) is 82.3 cm³/mol. The van der Waals surface area contributed by atoms with Crippen LogP contribution in [0.1, 0.15) is 27.0 Å². The molecule has 110 valence electrons. The molecule has 5 heteroatoms. The molecule has 0 radical (unpaired) electrons. The smallest absolute Gasteiger partial charge is 0.251 e. The van der Waals surface area contributed by atoms with Gasteiger partial charge in [-0.2, -0.15) is 0 Å². The number of nitrogen functional groups attached to an aromatic ring is 2. The fraction of sp³-hybridized carbons (Fsp3) is 0.188.